The molecule has 0 aliphatic rings. The first-order valence-electron chi connectivity index (χ1n) is 10.4. The van der Waals surface area contributed by atoms with Gasteiger partial charge in [-0.1, -0.05) is 60.7 Å². The fourth-order valence-corrected chi connectivity index (χ4v) is 2.41. The quantitative estimate of drug-likeness (QED) is 0.248. The van der Waals surface area contributed by atoms with Crippen LogP contribution in [0.1, 0.15) is 33.6 Å². The van der Waals surface area contributed by atoms with Gasteiger partial charge in [0.15, 0.2) is 11.6 Å². The van der Waals surface area contributed by atoms with Crippen LogP contribution in [-0.4, -0.2) is 93.4 Å². The van der Waals surface area contributed by atoms with Gasteiger partial charge in [0.05, 0.1) is 68.2 Å². The second-order valence-corrected chi connectivity index (χ2v) is 10.3. The molecule has 0 amide bonds. The van der Waals surface area contributed by atoms with Crippen LogP contribution in [0.4, 0.5) is 0 Å². The molecule has 0 N–H and O–H groups in total. The SMILES string of the molecule is C[N+](C)(C)CCC(=O)c1ccccc1.C[N+](C)(C)CCC(=O)c1ccccc1.O=S(=O)([O-])[O-]. The number of ketones is 2. The fourth-order valence-electron chi connectivity index (χ4n) is 2.41. The maximum absolute atomic E-state index is 11.7. The van der Waals surface area contributed by atoms with Gasteiger partial charge in [-0.15, -0.1) is 0 Å². The Kier molecular flexibility index (Phi) is 12.9. The molecule has 0 aliphatic carbocycles. The molecule has 0 heterocycles. The number of benzene rings is 2. The summed E-state index contributed by atoms with van der Waals surface area (Å²) >= 11 is 0. The van der Waals surface area contributed by atoms with Crippen LogP contribution in [0, 0.1) is 0 Å². The highest BCUT2D eigenvalue weighted by atomic mass is 32.3. The average Bonchev–Trinajstić information content (AvgIpc) is 2.70. The first kappa shape index (κ1) is 30.6. The number of rotatable bonds is 8. The summed E-state index contributed by atoms with van der Waals surface area (Å²) in [5.74, 6) is 0.470. The third kappa shape index (κ3) is 19.9. The molecule has 0 radical (unpaired) electrons. The number of quaternary nitrogens is 2. The maximum atomic E-state index is 11.7. The Labute approximate surface area is 198 Å². The molecule has 0 saturated carbocycles. The first-order valence-corrected chi connectivity index (χ1v) is 11.8. The fraction of sp³-hybridized carbons (Fsp3) is 0.417. The van der Waals surface area contributed by atoms with Crippen molar-refractivity contribution in [2.75, 3.05) is 55.4 Å². The molecular weight excluding hydrogens is 444 g/mol. The van der Waals surface area contributed by atoms with E-state index in [0.29, 0.717) is 12.8 Å². The van der Waals surface area contributed by atoms with Crippen molar-refractivity contribution < 1.29 is 36.1 Å². The summed E-state index contributed by atoms with van der Waals surface area (Å²) in [6.07, 6.45) is 1.24. The molecule has 0 unspecified atom stereocenters. The number of hydrogen-bond donors (Lipinski definition) is 0. The summed E-state index contributed by atoms with van der Waals surface area (Å²) in [6.45, 7) is 1.77. The van der Waals surface area contributed by atoms with Crippen LogP contribution in [0.25, 0.3) is 0 Å². The van der Waals surface area contributed by atoms with Crippen molar-refractivity contribution in [3.05, 3.63) is 71.8 Å². The summed E-state index contributed by atoms with van der Waals surface area (Å²) in [7, 11) is 7.41. The third-order valence-corrected chi connectivity index (χ3v) is 4.21. The molecule has 0 spiro atoms. The van der Waals surface area contributed by atoms with Crippen molar-refractivity contribution in [3.63, 3.8) is 0 Å². The van der Waals surface area contributed by atoms with Crippen molar-refractivity contribution in [2.24, 2.45) is 0 Å². The van der Waals surface area contributed by atoms with Gasteiger partial charge < -0.3 is 18.1 Å². The topological polar surface area (TPSA) is 114 Å². The van der Waals surface area contributed by atoms with E-state index in [9.17, 15) is 9.59 Å². The molecule has 0 aromatic heterocycles. The van der Waals surface area contributed by atoms with Crippen molar-refractivity contribution >= 4 is 22.0 Å². The lowest BCUT2D eigenvalue weighted by molar-refractivity contribution is -0.869. The van der Waals surface area contributed by atoms with Gasteiger partial charge in [-0.05, 0) is 0 Å². The Morgan fingerprint density at radius 3 is 1.09 bits per heavy atom. The van der Waals surface area contributed by atoms with E-state index < -0.39 is 10.4 Å². The van der Waals surface area contributed by atoms with Crippen molar-refractivity contribution in [1.29, 1.82) is 0 Å². The molecule has 0 fully saturated rings. The van der Waals surface area contributed by atoms with Gasteiger partial charge in [-0.2, -0.15) is 0 Å². The van der Waals surface area contributed by atoms with E-state index in [-0.39, 0.29) is 11.6 Å². The lowest BCUT2D eigenvalue weighted by atomic mass is 10.1. The van der Waals surface area contributed by atoms with E-state index in [4.69, 9.17) is 17.5 Å². The Bertz CT molecular complexity index is 874. The van der Waals surface area contributed by atoms with Gasteiger partial charge in [0.1, 0.15) is 0 Å². The minimum absolute atomic E-state index is 0.235. The highest BCUT2D eigenvalue weighted by molar-refractivity contribution is 7.79. The molecule has 9 heteroatoms. The zero-order valence-corrected chi connectivity index (χ0v) is 21.2. The van der Waals surface area contributed by atoms with E-state index in [1.165, 1.54) is 0 Å². The summed E-state index contributed by atoms with van der Waals surface area (Å²) in [4.78, 5) is 23.4. The number of hydrogen-bond acceptors (Lipinski definition) is 6. The number of carbonyl (C=O) groups excluding carboxylic acids is 2. The van der Waals surface area contributed by atoms with E-state index in [2.05, 4.69) is 42.3 Å². The number of Topliss-reactive ketones (excluding diaryl/α,β-unsaturated/α-hetero) is 2. The zero-order chi connectivity index (χ0) is 25.7. The highest BCUT2D eigenvalue weighted by Gasteiger charge is 2.12. The van der Waals surface area contributed by atoms with Crippen LogP contribution >= 0.6 is 0 Å². The molecule has 2 aromatic carbocycles. The van der Waals surface area contributed by atoms with Gasteiger partial charge in [0.2, 0.25) is 0 Å². The van der Waals surface area contributed by atoms with Crippen molar-refractivity contribution in [1.82, 2.24) is 0 Å². The zero-order valence-electron chi connectivity index (χ0n) is 20.4. The van der Waals surface area contributed by atoms with Gasteiger partial charge in [0.25, 0.3) is 0 Å². The Morgan fingerprint density at radius 2 is 0.879 bits per heavy atom. The van der Waals surface area contributed by atoms with Crippen molar-refractivity contribution in [2.45, 2.75) is 12.8 Å². The maximum Gasteiger partial charge on any atom is 0.168 e. The molecule has 33 heavy (non-hydrogen) atoms. The average molecular weight is 481 g/mol. The van der Waals surface area contributed by atoms with Crippen LogP contribution in [0.2, 0.25) is 0 Å². The van der Waals surface area contributed by atoms with Gasteiger partial charge in [-0.25, -0.2) is 0 Å². The van der Waals surface area contributed by atoms with Gasteiger partial charge in [-0.3, -0.25) is 18.0 Å². The predicted molar refractivity (Wildman–Crippen MR) is 127 cm³/mol. The van der Waals surface area contributed by atoms with E-state index in [1.54, 1.807) is 0 Å². The molecule has 0 aliphatic heterocycles. The Morgan fingerprint density at radius 1 is 0.636 bits per heavy atom. The van der Waals surface area contributed by atoms with Crippen LogP contribution < -0.4 is 0 Å². The smallest absolute Gasteiger partial charge is 0.168 e. The monoisotopic (exact) mass is 480 g/mol. The molecule has 0 atom stereocenters. The number of carbonyl (C=O) groups is 2. The highest BCUT2D eigenvalue weighted by Crippen LogP contribution is 2.05. The summed E-state index contributed by atoms with van der Waals surface area (Å²) in [5.41, 5.74) is 1.64. The molecule has 8 nitrogen and oxygen atoms in total. The molecular formula is C24H36N2O6S. The molecule has 2 aromatic rings. The summed E-state index contributed by atoms with van der Waals surface area (Å²) in [6, 6.07) is 19.0. The second-order valence-electron chi connectivity index (χ2n) is 9.51. The molecule has 0 bridgehead atoms. The normalized spacial score (nSPS) is 11.4. The van der Waals surface area contributed by atoms with E-state index in [0.717, 1.165) is 33.2 Å². The van der Waals surface area contributed by atoms with Crippen LogP contribution in [-0.2, 0) is 10.4 Å². The third-order valence-electron chi connectivity index (χ3n) is 4.21. The first-order chi connectivity index (χ1) is 15.0. The largest absolute Gasteiger partial charge is 0.759 e. The summed E-state index contributed by atoms with van der Waals surface area (Å²) < 4.78 is 35.7. The second kappa shape index (κ2) is 14.0. The van der Waals surface area contributed by atoms with E-state index in [1.807, 2.05) is 60.7 Å². The Hall–Kier alpha value is -2.43. The lowest BCUT2D eigenvalue weighted by Gasteiger charge is -2.23. The van der Waals surface area contributed by atoms with E-state index >= 15 is 0 Å². The Balaban J connectivity index is 0.000000517. The predicted octanol–water partition coefficient (Wildman–Crippen LogP) is 2.59. The standard InChI is InChI=1S/2C12H18NO.H2O4S/c2*1-13(2,3)10-9-12(14)11-7-5-4-6-8-11;1-5(2,3)4/h2*4-8H,9-10H2,1-3H3;(H2,1,2,3,4)/q2*+1;/p-2. The minimum Gasteiger partial charge on any atom is -0.759 e. The van der Waals surface area contributed by atoms with Crippen LogP contribution in [0.3, 0.4) is 0 Å². The number of nitrogens with zero attached hydrogens (tertiary/aromatic N) is 2. The molecule has 2 rings (SSSR count). The van der Waals surface area contributed by atoms with Gasteiger partial charge in [0, 0.05) is 21.5 Å². The lowest BCUT2D eigenvalue weighted by Crippen LogP contribution is -2.36. The van der Waals surface area contributed by atoms with Crippen LogP contribution in [0.5, 0.6) is 0 Å². The van der Waals surface area contributed by atoms with Crippen molar-refractivity contribution in [3.8, 4) is 0 Å². The summed E-state index contributed by atoms with van der Waals surface area (Å²) in [5, 5.41) is 0. The molecule has 184 valence electrons. The van der Waals surface area contributed by atoms with Crippen LogP contribution in [0.15, 0.2) is 60.7 Å². The molecule has 0 saturated heterocycles. The van der Waals surface area contributed by atoms with Gasteiger partial charge >= 0.3 is 0 Å². The minimum atomic E-state index is -5.17.